The predicted molar refractivity (Wildman–Crippen MR) is 108 cm³/mol. The van der Waals surface area contributed by atoms with Gasteiger partial charge in [0.2, 0.25) is 0 Å². The van der Waals surface area contributed by atoms with Crippen molar-refractivity contribution < 1.29 is 14.1 Å². The van der Waals surface area contributed by atoms with E-state index in [-0.39, 0.29) is 25.9 Å². The van der Waals surface area contributed by atoms with Crippen LogP contribution in [0.2, 0.25) is 0 Å². The summed E-state index contributed by atoms with van der Waals surface area (Å²) in [6.07, 6.45) is 4.29. The maximum Gasteiger partial charge on any atom is 0.251 e. The van der Waals surface area contributed by atoms with Crippen molar-refractivity contribution >= 4 is 28.5 Å². The van der Waals surface area contributed by atoms with Crippen LogP contribution in [0.3, 0.4) is 0 Å². The highest BCUT2D eigenvalue weighted by Crippen LogP contribution is 2.32. The molecule has 4 rings (SSSR count). The number of aromatic amines is 1. The van der Waals surface area contributed by atoms with Crippen molar-refractivity contribution in [3.8, 4) is 11.4 Å². The molecule has 0 saturated carbocycles. The predicted octanol–water partition coefficient (Wildman–Crippen LogP) is 2.44. The number of anilines is 1. The Morgan fingerprint density at radius 2 is 2.03 bits per heavy atom. The Morgan fingerprint density at radius 3 is 2.76 bits per heavy atom. The number of benzene rings is 1. The first-order valence-corrected chi connectivity index (χ1v) is 9.44. The standard InChI is InChI=1S/C20H21F2N7/c1-24-11-14(10-23)13-2-3-16-15(8-13)19(28-27-16)17-9-18(26-12-25-17)29-6-4-20(21,22)5-7-29/h2-3,8-12,23-24H,4-7H2,1H3,(H,27,28)/p+1/b14-11+,23-10?. The number of hydrogen-bond donors (Lipinski definition) is 3. The van der Waals surface area contributed by atoms with Crippen LogP contribution in [-0.4, -0.2) is 52.4 Å². The van der Waals surface area contributed by atoms with Gasteiger partial charge in [-0.15, -0.1) is 0 Å². The maximum atomic E-state index is 13.5. The van der Waals surface area contributed by atoms with Crippen LogP contribution >= 0.6 is 0 Å². The summed E-state index contributed by atoms with van der Waals surface area (Å²) >= 11 is 0. The molecule has 150 valence electrons. The second-order valence-corrected chi connectivity index (χ2v) is 7.04. The molecule has 2 aromatic heterocycles. The summed E-state index contributed by atoms with van der Waals surface area (Å²) in [6, 6.07) is 7.61. The highest BCUT2D eigenvalue weighted by atomic mass is 19.3. The monoisotopic (exact) mass is 398 g/mol. The Morgan fingerprint density at radius 1 is 1.24 bits per heavy atom. The Labute approximate surface area is 166 Å². The third kappa shape index (κ3) is 3.86. The fraction of sp³-hybridized carbons (Fsp3) is 0.300. The number of aromatic nitrogens is 4. The summed E-state index contributed by atoms with van der Waals surface area (Å²) in [4.78, 5) is 10.5. The summed E-state index contributed by atoms with van der Waals surface area (Å²) in [5.74, 6) is -1.98. The molecule has 0 bridgehead atoms. The summed E-state index contributed by atoms with van der Waals surface area (Å²) < 4.78 is 26.9. The number of nitrogens with two attached hydrogens (primary N) is 1. The highest BCUT2D eigenvalue weighted by Gasteiger charge is 2.34. The number of halogens is 2. The van der Waals surface area contributed by atoms with Gasteiger partial charge < -0.3 is 15.6 Å². The lowest BCUT2D eigenvalue weighted by molar-refractivity contribution is -0.555. The molecule has 1 aliphatic heterocycles. The lowest BCUT2D eigenvalue weighted by Crippen LogP contribution is -2.72. The van der Waals surface area contributed by atoms with E-state index in [9.17, 15) is 8.78 Å². The van der Waals surface area contributed by atoms with Gasteiger partial charge in [-0.2, -0.15) is 5.10 Å². The zero-order valence-corrected chi connectivity index (χ0v) is 16.0. The smallest absolute Gasteiger partial charge is 0.251 e. The normalized spacial score (nSPS) is 16.9. The quantitative estimate of drug-likeness (QED) is 0.575. The van der Waals surface area contributed by atoms with Crippen LogP contribution in [0, 0.1) is 5.41 Å². The van der Waals surface area contributed by atoms with Crippen molar-refractivity contribution in [2.24, 2.45) is 0 Å². The number of alkyl halides is 2. The molecular formula is C20H22F2N7+. The van der Waals surface area contributed by atoms with Crippen LogP contribution in [0.1, 0.15) is 18.4 Å². The zero-order chi connectivity index (χ0) is 20.4. The molecule has 1 fully saturated rings. The van der Waals surface area contributed by atoms with E-state index in [2.05, 4.69) is 20.2 Å². The minimum Gasteiger partial charge on any atom is -0.356 e. The number of quaternary nitrogens is 1. The number of nitrogens with zero attached hydrogens (tertiary/aromatic N) is 4. The molecule has 4 N–H and O–H groups in total. The van der Waals surface area contributed by atoms with Gasteiger partial charge in [-0.1, -0.05) is 6.07 Å². The number of hydrogen-bond acceptors (Lipinski definition) is 5. The van der Waals surface area contributed by atoms with E-state index in [1.54, 1.807) is 6.07 Å². The maximum absolute atomic E-state index is 13.5. The summed E-state index contributed by atoms with van der Waals surface area (Å²) in [5.41, 5.74) is 3.84. The molecule has 0 amide bonds. The molecule has 3 heterocycles. The molecule has 1 saturated heterocycles. The largest absolute Gasteiger partial charge is 0.356 e. The lowest BCUT2D eigenvalue weighted by atomic mass is 10.0. The van der Waals surface area contributed by atoms with Crippen molar-refractivity contribution in [1.29, 1.82) is 5.41 Å². The summed E-state index contributed by atoms with van der Waals surface area (Å²) in [7, 11) is 1.91. The number of fused-ring (bicyclic) bond motifs is 1. The van der Waals surface area contributed by atoms with Crippen molar-refractivity contribution in [1.82, 2.24) is 20.2 Å². The molecule has 0 atom stereocenters. The van der Waals surface area contributed by atoms with Crippen LogP contribution in [0.4, 0.5) is 14.6 Å². The van der Waals surface area contributed by atoms with E-state index in [0.29, 0.717) is 17.2 Å². The van der Waals surface area contributed by atoms with Crippen LogP contribution in [0.5, 0.6) is 0 Å². The SMILES string of the molecule is C[NH2+]/C=C(\C=N)c1ccc2[nH]nc(-c3cc(N4CCC(F)(F)CC4)ncn3)c2c1. The van der Waals surface area contributed by atoms with Crippen molar-refractivity contribution in [3.63, 3.8) is 0 Å². The fourth-order valence-electron chi connectivity index (χ4n) is 3.51. The second-order valence-electron chi connectivity index (χ2n) is 7.04. The van der Waals surface area contributed by atoms with Gasteiger partial charge in [-0.05, 0) is 17.7 Å². The van der Waals surface area contributed by atoms with Gasteiger partial charge in [0, 0.05) is 43.6 Å². The second kappa shape index (κ2) is 7.67. The first kappa shape index (κ1) is 19.1. The minimum atomic E-state index is -2.60. The van der Waals surface area contributed by atoms with Crippen LogP contribution < -0.4 is 10.2 Å². The van der Waals surface area contributed by atoms with Crippen LogP contribution in [-0.2, 0) is 0 Å². The van der Waals surface area contributed by atoms with Crippen LogP contribution in [0.25, 0.3) is 27.9 Å². The van der Waals surface area contributed by atoms with E-state index >= 15 is 0 Å². The molecular weight excluding hydrogens is 376 g/mol. The van der Waals surface area contributed by atoms with E-state index in [0.717, 1.165) is 22.0 Å². The van der Waals surface area contributed by atoms with Crippen molar-refractivity contribution in [2.45, 2.75) is 18.8 Å². The number of nitrogens with one attached hydrogen (secondary N) is 2. The van der Waals surface area contributed by atoms with Gasteiger partial charge >= 0.3 is 0 Å². The Hall–Kier alpha value is -3.20. The highest BCUT2D eigenvalue weighted by molar-refractivity contribution is 6.09. The van der Waals surface area contributed by atoms with Gasteiger partial charge in [-0.25, -0.2) is 18.7 Å². The molecule has 3 aromatic rings. The Balaban J connectivity index is 1.70. The molecule has 0 spiro atoms. The first-order chi connectivity index (χ1) is 14.0. The number of allylic oxidation sites excluding steroid dienone is 1. The van der Waals surface area contributed by atoms with Gasteiger partial charge in [0.25, 0.3) is 5.92 Å². The zero-order valence-electron chi connectivity index (χ0n) is 16.0. The van der Waals surface area contributed by atoms with E-state index in [4.69, 9.17) is 5.41 Å². The molecule has 1 aliphatic rings. The topological polar surface area (TPSA) is 98.2 Å². The molecule has 1 aromatic carbocycles. The Kier molecular flexibility index (Phi) is 5.06. The first-order valence-electron chi connectivity index (χ1n) is 9.44. The van der Waals surface area contributed by atoms with E-state index < -0.39 is 5.92 Å². The van der Waals surface area contributed by atoms with E-state index in [1.807, 2.05) is 41.7 Å². The lowest BCUT2D eigenvalue weighted by Gasteiger charge is -2.32. The van der Waals surface area contributed by atoms with Gasteiger partial charge in [-0.3, -0.25) is 5.10 Å². The molecule has 29 heavy (non-hydrogen) atoms. The Bertz CT molecular complexity index is 1060. The van der Waals surface area contributed by atoms with Gasteiger partial charge in [0.1, 0.15) is 24.0 Å². The summed E-state index contributed by atoms with van der Waals surface area (Å²) in [5, 5.41) is 17.8. The average molecular weight is 398 g/mol. The number of rotatable bonds is 5. The molecule has 0 unspecified atom stereocenters. The van der Waals surface area contributed by atoms with Crippen molar-refractivity contribution in [2.75, 3.05) is 25.0 Å². The third-order valence-corrected chi connectivity index (χ3v) is 5.11. The van der Waals surface area contributed by atoms with Gasteiger partial charge in [0.15, 0.2) is 0 Å². The third-order valence-electron chi connectivity index (χ3n) is 5.11. The van der Waals surface area contributed by atoms with Crippen LogP contribution in [0.15, 0.2) is 36.8 Å². The number of H-pyrrole nitrogens is 1. The van der Waals surface area contributed by atoms with Gasteiger partial charge in [0.05, 0.1) is 23.8 Å². The molecule has 0 aliphatic carbocycles. The molecule has 9 heteroatoms. The molecule has 0 radical (unpaired) electrons. The van der Waals surface area contributed by atoms with Crippen molar-refractivity contribution in [3.05, 3.63) is 42.4 Å². The summed E-state index contributed by atoms with van der Waals surface area (Å²) in [6.45, 7) is 0.520. The minimum absolute atomic E-state index is 0.172. The molecule has 7 nitrogen and oxygen atoms in total. The average Bonchev–Trinajstić information content (AvgIpc) is 3.15. The fourth-order valence-corrected chi connectivity index (χ4v) is 3.51. The number of piperidine rings is 1. The van der Waals surface area contributed by atoms with E-state index in [1.165, 1.54) is 12.5 Å².